The molecule has 222 valence electrons. The average Bonchev–Trinajstić information content (AvgIpc) is 3.35. The van der Waals surface area contributed by atoms with Gasteiger partial charge in [0.1, 0.15) is 17.5 Å². The lowest BCUT2D eigenvalue weighted by Gasteiger charge is -2.37. The molecule has 0 fully saturated rings. The number of ether oxygens (including phenoxy) is 3. The quantitative estimate of drug-likeness (QED) is 0.333. The van der Waals surface area contributed by atoms with Crippen molar-refractivity contribution in [2.75, 3.05) is 26.3 Å². The summed E-state index contributed by atoms with van der Waals surface area (Å²) in [6.45, 7) is 2.79. The molecule has 9 nitrogen and oxygen atoms in total. The van der Waals surface area contributed by atoms with Crippen LogP contribution < -0.4 is 20.1 Å². The van der Waals surface area contributed by atoms with Crippen LogP contribution >= 0.6 is 23.2 Å². The number of carbonyl (C=O) groups excluding carboxylic acids is 2. The summed E-state index contributed by atoms with van der Waals surface area (Å²) in [6, 6.07) is 13.9. The summed E-state index contributed by atoms with van der Waals surface area (Å²) in [5, 5.41) is 17.5. The highest BCUT2D eigenvalue weighted by Crippen LogP contribution is 2.45. The van der Waals surface area contributed by atoms with Gasteiger partial charge in [0.25, 0.3) is 0 Å². The van der Waals surface area contributed by atoms with Gasteiger partial charge in [-0.05, 0) is 67.0 Å². The van der Waals surface area contributed by atoms with E-state index in [2.05, 4.69) is 22.8 Å². The lowest BCUT2D eigenvalue weighted by molar-refractivity contribution is 0.120. The molecule has 2 heterocycles. The predicted octanol–water partition coefficient (Wildman–Crippen LogP) is 5.70. The number of halogens is 2. The van der Waals surface area contributed by atoms with Crippen LogP contribution in [0.5, 0.6) is 11.5 Å². The highest BCUT2D eigenvalue weighted by atomic mass is 35.5. The third-order valence-electron chi connectivity index (χ3n) is 7.39. The van der Waals surface area contributed by atoms with Crippen LogP contribution in [0.1, 0.15) is 31.4 Å². The molecule has 0 bridgehead atoms. The molecule has 0 aromatic heterocycles. The molecule has 5 rings (SSSR count). The minimum atomic E-state index is -0.768. The summed E-state index contributed by atoms with van der Waals surface area (Å²) in [5.74, 6) is 1.16. The number of alkyl carbamates (subject to hydrolysis) is 1. The van der Waals surface area contributed by atoms with Crippen LogP contribution in [-0.2, 0) is 4.74 Å². The van der Waals surface area contributed by atoms with Crippen LogP contribution in [0.15, 0.2) is 83.1 Å². The number of benzene rings is 2. The van der Waals surface area contributed by atoms with E-state index in [1.807, 2.05) is 30.3 Å². The number of aliphatic hydroxyl groups excluding tert-OH is 1. The van der Waals surface area contributed by atoms with Crippen molar-refractivity contribution in [2.24, 2.45) is 5.92 Å². The van der Waals surface area contributed by atoms with Gasteiger partial charge in [-0.3, -0.25) is 4.90 Å². The summed E-state index contributed by atoms with van der Waals surface area (Å²) >= 11 is 12.3. The van der Waals surface area contributed by atoms with Crippen molar-refractivity contribution in [2.45, 2.75) is 38.0 Å². The van der Waals surface area contributed by atoms with E-state index in [-0.39, 0.29) is 31.7 Å². The van der Waals surface area contributed by atoms with Gasteiger partial charge in [0.15, 0.2) is 0 Å². The van der Waals surface area contributed by atoms with Crippen molar-refractivity contribution < 1.29 is 28.9 Å². The van der Waals surface area contributed by atoms with Crippen molar-refractivity contribution in [3.8, 4) is 11.5 Å². The Morgan fingerprint density at radius 1 is 1.12 bits per heavy atom. The number of allylic oxidation sites excluding steroid dienone is 2. The van der Waals surface area contributed by atoms with E-state index in [0.29, 0.717) is 40.9 Å². The zero-order valence-electron chi connectivity index (χ0n) is 23.1. The number of amides is 2. The Labute approximate surface area is 254 Å². The van der Waals surface area contributed by atoms with Crippen LogP contribution in [0, 0.1) is 5.92 Å². The van der Waals surface area contributed by atoms with E-state index in [0.717, 1.165) is 11.3 Å². The fourth-order valence-electron chi connectivity index (χ4n) is 5.38. The Balaban J connectivity index is 1.30. The molecule has 3 unspecified atom stereocenters. The summed E-state index contributed by atoms with van der Waals surface area (Å²) in [4.78, 5) is 26.6. The SMILES string of the molecule is CCOC(=O)NCC(O)CCOc1ccc([C@H]2C3=C(CCN2C(=O)Oc2ccc(Cl)cc2)C2C=C(Cl)C=CC2N3)cc1. The zero-order valence-corrected chi connectivity index (χ0v) is 24.6. The van der Waals surface area contributed by atoms with Crippen LogP contribution in [0.2, 0.25) is 5.02 Å². The second-order valence-electron chi connectivity index (χ2n) is 10.2. The largest absolute Gasteiger partial charge is 0.493 e. The van der Waals surface area contributed by atoms with Gasteiger partial charge in [0, 0.05) is 41.2 Å². The van der Waals surface area contributed by atoms with E-state index in [1.54, 1.807) is 36.1 Å². The van der Waals surface area contributed by atoms with Crippen LogP contribution in [0.4, 0.5) is 9.59 Å². The smallest absolute Gasteiger partial charge is 0.416 e. The van der Waals surface area contributed by atoms with Gasteiger partial charge in [0.05, 0.1) is 25.4 Å². The molecule has 2 aromatic rings. The van der Waals surface area contributed by atoms with Crippen LogP contribution in [-0.4, -0.2) is 60.6 Å². The fraction of sp³-hybridized carbons (Fsp3) is 0.355. The third kappa shape index (κ3) is 7.03. The van der Waals surface area contributed by atoms with Crippen LogP contribution in [0.25, 0.3) is 0 Å². The van der Waals surface area contributed by atoms with E-state index in [4.69, 9.17) is 37.4 Å². The Bertz CT molecular complexity index is 1380. The van der Waals surface area contributed by atoms with Gasteiger partial charge in [-0.15, -0.1) is 0 Å². The normalized spacial score (nSPS) is 21.5. The molecular formula is C31H33Cl2N3O6. The summed E-state index contributed by atoms with van der Waals surface area (Å²) in [6.07, 6.45) is 5.25. The predicted molar refractivity (Wildman–Crippen MR) is 160 cm³/mol. The number of nitrogens with one attached hydrogen (secondary N) is 2. The maximum absolute atomic E-state index is 13.5. The summed E-state index contributed by atoms with van der Waals surface area (Å²) < 4.78 is 16.4. The molecule has 2 aromatic carbocycles. The van der Waals surface area contributed by atoms with Crippen molar-refractivity contribution >= 4 is 35.4 Å². The lowest BCUT2D eigenvalue weighted by atomic mass is 9.85. The summed E-state index contributed by atoms with van der Waals surface area (Å²) in [5.41, 5.74) is 3.10. The molecule has 4 atom stereocenters. The number of carbonyl (C=O) groups is 2. The maximum atomic E-state index is 13.5. The number of hydrogen-bond acceptors (Lipinski definition) is 7. The Morgan fingerprint density at radius 3 is 2.60 bits per heavy atom. The maximum Gasteiger partial charge on any atom is 0.416 e. The van der Waals surface area contributed by atoms with Gasteiger partial charge < -0.3 is 30.0 Å². The van der Waals surface area contributed by atoms with Gasteiger partial charge in [-0.1, -0.05) is 47.5 Å². The van der Waals surface area contributed by atoms with E-state index in [1.165, 1.54) is 5.57 Å². The molecule has 1 aliphatic carbocycles. The van der Waals surface area contributed by atoms with Crippen molar-refractivity contribution in [1.82, 2.24) is 15.5 Å². The average molecular weight is 615 g/mol. The number of nitrogens with zero attached hydrogens (tertiary/aromatic N) is 1. The molecule has 2 amide bonds. The highest BCUT2D eigenvalue weighted by molar-refractivity contribution is 6.31. The topological polar surface area (TPSA) is 109 Å². The summed E-state index contributed by atoms with van der Waals surface area (Å²) in [7, 11) is 0. The first kappa shape index (κ1) is 29.8. The standard InChI is InChI=1S/C31H33Cl2N3O6/c1-2-40-30(38)34-18-22(37)14-16-41-23-8-3-19(4-9-23)29-28-25(26-17-21(33)7-12-27(26)35-28)13-15-36(29)31(39)42-24-10-5-20(32)6-11-24/h3-12,17,22,26-27,29,35,37H,2,13-16,18H2,1H3,(H,34,38)/t22?,26?,27?,29-/m0/s1. The molecule has 0 saturated heterocycles. The number of fused-ring (bicyclic) bond motifs is 2. The number of aliphatic hydroxyl groups is 1. The van der Waals surface area contributed by atoms with Crippen molar-refractivity contribution in [1.29, 1.82) is 0 Å². The van der Waals surface area contributed by atoms with Crippen molar-refractivity contribution in [3.05, 3.63) is 93.6 Å². The molecule has 42 heavy (non-hydrogen) atoms. The first-order chi connectivity index (χ1) is 20.3. The molecule has 0 radical (unpaired) electrons. The van der Waals surface area contributed by atoms with E-state index >= 15 is 0 Å². The zero-order chi connectivity index (χ0) is 29.6. The second kappa shape index (κ2) is 13.5. The monoisotopic (exact) mass is 613 g/mol. The molecule has 0 saturated carbocycles. The first-order valence-corrected chi connectivity index (χ1v) is 14.7. The Hall–Kier alpha value is -3.66. The minimum Gasteiger partial charge on any atom is -0.493 e. The second-order valence-corrected chi connectivity index (χ2v) is 11.0. The Kier molecular flexibility index (Phi) is 9.62. The third-order valence-corrected chi connectivity index (χ3v) is 7.90. The van der Waals surface area contributed by atoms with Crippen LogP contribution in [0.3, 0.4) is 0 Å². The fourth-order valence-corrected chi connectivity index (χ4v) is 5.72. The molecule has 3 aliphatic rings. The highest BCUT2D eigenvalue weighted by Gasteiger charge is 2.43. The van der Waals surface area contributed by atoms with Gasteiger partial charge >= 0.3 is 12.2 Å². The van der Waals surface area contributed by atoms with Gasteiger partial charge in [-0.25, -0.2) is 9.59 Å². The Morgan fingerprint density at radius 2 is 1.86 bits per heavy atom. The molecular weight excluding hydrogens is 581 g/mol. The van der Waals surface area contributed by atoms with Gasteiger partial charge in [0.2, 0.25) is 0 Å². The molecule has 3 N–H and O–H groups in total. The van der Waals surface area contributed by atoms with Gasteiger partial charge in [-0.2, -0.15) is 0 Å². The number of hydrogen-bond donors (Lipinski definition) is 3. The molecule has 0 spiro atoms. The minimum absolute atomic E-state index is 0.0691. The van der Waals surface area contributed by atoms with E-state index < -0.39 is 24.3 Å². The lowest BCUT2D eigenvalue weighted by Crippen LogP contribution is -2.43. The number of rotatable bonds is 9. The first-order valence-electron chi connectivity index (χ1n) is 13.9. The van der Waals surface area contributed by atoms with Crippen molar-refractivity contribution in [3.63, 3.8) is 0 Å². The van der Waals surface area contributed by atoms with E-state index in [9.17, 15) is 14.7 Å². The molecule has 2 aliphatic heterocycles. The molecule has 11 heteroatoms.